The lowest BCUT2D eigenvalue weighted by Crippen LogP contribution is -1.71. The third kappa shape index (κ3) is 12.1. The van der Waals surface area contributed by atoms with E-state index in [1.807, 2.05) is 0 Å². The summed E-state index contributed by atoms with van der Waals surface area (Å²) >= 11 is 0. The van der Waals surface area contributed by atoms with Crippen LogP contribution < -0.4 is 0 Å². The van der Waals surface area contributed by atoms with Crippen molar-refractivity contribution in [2.45, 2.75) is 56.4 Å². The quantitative estimate of drug-likeness (QED) is 0.383. The van der Waals surface area contributed by atoms with E-state index in [0.717, 1.165) is 0 Å². The number of aryl methyl sites for hydroxylation is 6. The Bertz CT molecular complexity index is 601. The molecule has 0 fully saturated rings. The number of benzene rings is 3. The van der Waals surface area contributed by atoms with Crippen molar-refractivity contribution in [3.63, 3.8) is 0 Å². The molecule has 0 aromatic heterocycles. The molecule has 0 atom stereocenters. The molecule has 0 aliphatic carbocycles. The van der Waals surface area contributed by atoms with Gasteiger partial charge in [0.2, 0.25) is 0 Å². The first kappa shape index (κ1) is 25.9. The lowest BCUT2D eigenvalue weighted by molar-refractivity contribution is 1.39. The summed E-state index contributed by atoms with van der Waals surface area (Å²) in [5, 5.41) is 0. The van der Waals surface area contributed by atoms with Crippen molar-refractivity contribution in [2.75, 3.05) is 0 Å². The van der Waals surface area contributed by atoms with Gasteiger partial charge in [-0.05, 0) is 41.5 Å². The summed E-state index contributed by atoms with van der Waals surface area (Å²) in [6.45, 7) is 12.6. The summed E-state index contributed by atoms with van der Waals surface area (Å²) in [5.74, 6) is 0. The molecule has 0 saturated carbocycles. The van der Waals surface area contributed by atoms with Crippen LogP contribution in [-0.2, 0) is 0 Å². The predicted octanol–water partition coefficient (Wildman–Crippen LogP) is 8.18. The molecule has 0 unspecified atom stereocenters. The van der Waals surface area contributed by atoms with Crippen LogP contribution in [0.5, 0.6) is 0 Å². The molecule has 0 aliphatic rings. The van der Waals surface area contributed by atoms with Crippen LogP contribution in [-0.4, -0.2) is 0 Å². The van der Waals surface area contributed by atoms with Crippen molar-refractivity contribution >= 4 is 0 Å². The minimum Gasteiger partial charge on any atom is -0.0776 e. The van der Waals surface area contributed by atoms with Gasteiger partial charge in [0.15, 0.2) is 0 Å². The van der Waals surface area contributed by atoms with Crippen LogP contribution in [0, 0.1) is 41.5 Å². The van der Waals surface area contributed by atoms with Gasteiger partial charge < -0.3 is 0 Å². The van der Waals surface area contributed by atoms with Crippen LogP contribution in [0.4, 0.5) is 0 Å². The van der Waals surface area contributed by atoms with Gasteiger partial charge in [0.25, 0.3) is 0 Å². The molecule has 3 rings (SSSR count). The van der Waals surface area contributed by atoms with Gasteiger partial charge in [-0.15, -0.1) is 0 Å². The first-order chi connectivity index (χ1) is 11.4. The lowest BCUT2D eigenvalue weighted by Gasteiger charge is -1.90. The van der Waals surface area contributed by atoms with Gasteiger partial charge in [0.05, 0.1) is 0 Å². The lowest BCUT2D eigenvalue weighted by atomic mass is 10.2. The van der Waals surface area contributed by atoms with E-state index in [1.165, 1.54) is 33.4 Å². The normalized spacial score (nSPS) is 8.54. The van der Waals surface area contributed by atoms with Gasteiger partial charge in [-0.1, -0.05) is 121 Å². The van der Waals surface area contributed by atoms with Crippen LogP contribution in [0.2, 0.25) is 0 Å². The molecule has 0 heteroatoms. The molecular formula is C26H38. The highest BCUT2D eigenvalue weighted by Crippen LogP contribution is 2.01. The molecule has 142 valence electrons. The minimum absolute atomic E-state index is 0. The van der Waals surface area contributed by atoms with Gasteiger partial charge in [-0.25, -0.2) is 0 Å². The van der Waals surface area contributed by atoms with E-state index in [-0.39, 0.29) is 14.9 Å². The van der Waals surface area contributed by atoms with E-state index < -0.39 is 0 Å². The zero-order chi connectivity index (χ0) is 17.9. The maximum absolute atomic E-state index is 2.17. The number of hydrogen-bond donors (Lipinski definition) is 0. The first-order valence-corrected chi connectivity index (χ1v) is 8.46. The second kappa shape index (κ2) is 13.9. The van der Waals surface area contributed by atoms with Crippen molar-refractivity contribution in [3.05, 3.63) is 106 Å². The monoisotopic (exact) mass is 350 g/mol. The molecule has 0 amide bonds. The van der Waals surface area contributed by atoms with Crippen molar-refractivity contribution in [3.8, 4) is 0 Å². The van der Waals surface area contributed by atoms with Crippen LogP contribution in [0.3, 0.4) is 0 Å². The van der Waals surface area contributed by atoms with Crippen molar-refractivity contribution in [2.24, 2.45) is 0 Å². The van der Waals surface area contributed by atoms with E-state index in [1.54, 1.807) is 0 Å². The zero-order valence-electron chi connectivity index (χ0n) is 15.9. The standard InChI is InChI=1S/3C8H10.2CH4/c2*1-7-3-5-8(2)6-4-7;1-7-4-3-5-8(2)6-7;;/h3*3-6H,1-2H3;2*1H4. The first-order valence-electron chi connectivity index (χ1n) is 8.46. The third-order valence-electron chi connectivity index (χ3n) is 3.61. The molecule has 0 bridgehead atoms. The van der Waals surface area contributed by atoms with E-state index in [0.29, 0.717) is 0 Å². The highest BCUT2D eigenvalue weighted by Gasteiger charge is 1.81. The molecule has 0 heterocycles. The molecule has 26 heavy (non-hydrogen) atoms. The molecule has 0 radical (unpaired) electrons. The van der Waals surface area contributed by atoms with Gasteiger partial charge in [0.1, 0.15) is 0 Å². The molecule has 0 N–H and O–H groups in total. The minimum atomic E-state index is 0. The fourth-order valence-electron chi connectivity index (χ4n) is 2.08. The maximum atomic E-state index is 2.17. The summed E-state index contributed by atoms with van der Waals surface area (Å²) in [6, 6.07) is 25.4. The van der Waals surface area contributed by atoms with Crippen molar-refractivity contribution in [1.82, 2.24) is 0 Å². The van der Waals surface area contributed by atoms with Gasteiger partial charge in [-0.3, -0.25) is 0 Å². The van der Waals surface area contributed by atoms with Crippen molar-refractivity contribution < 1.29 is 0 Å². The summed E-state index contributed by atoms with van der Waals surface area (Å²) in [4.78, 5) is 0. The highest BCUT2D eigenvalue weighted by molar-refractivity contribution is 5.21. The molecule has 0 aliphatic heterocycles. The number of hydrogen-bond acceptors (Lipinski definition) is 0. The highest BCUT2D eigenvalue weighted by atomic mass is 13.9. The average molecular weight is 351 g/mol. The van der Waals surface area contributed by atoms with Crippen molar-refractivity contribution in [1.29, 1.82) is 0 Å². The molecule has 0 saturated heterocycles. The summed E-state index contributed by atoms with van der Waals surface area (Å²) in [5.41, 5.74) is 7.99. The Labute approximate surface area is 162 Å². The Morgan fingerprint density at radius 1 is 0.346 bits per heavy atom. The van der Waals surface area contributed by atoms with Crippen LogP contribution in [0.25, 0.3) is 0 Å². The van der Waals surface area contributed by atoms with Gasteiger partial charge >= 0.3 is 0 Å². The van der Waals surface area contributed by atoms with E-state index >= 15 is 0 Å². The third-order valence-corrected chi connectivity index (χ3v) is 3.61. The van der Waals surface area contributed by atoms with E-state index in [9.17, 15) is 0 Å². The van der Waals surface area contributed by atoms with Gasteiger partial charge in [0, 0.05) is 0 Å². The molecule has 0 spiro atoms. The Kier molecular flexibility index (Phi) is 13.8. The summed E-state index contributed by atoms with van der Waals surface area (Å²) < 4.78 is 0. The summed E-state index contributed by atoms with van der Waals surface area (Å²) in [7, 11) is 0. The molecule has 3 aromatic carbocycles. The van der Waals surface area contributed by atoms with Crippen LogP contribution >= 0.6 is 0 Å². The molecular weight excluding hydrogens is 312 g/mol. The smallest absolute Gasteiger partial charge is 0.0398 e. The fraction of sp³-hybridized carbons (Fsp3) is 0.308. The van der Waals surface area contributed by atoms with E-state index in [4.69, 9.17) is 0 Å². The number of rotatable bonds is 0. The van der Waals surface area contributed by atoms with Crippen LogP contribution in [0.15, 0.2) is 72.8 Å². The maximum Gasteiger partial charge on any atom is -0.0398 e. The van der Waals surface area contributed by atoms with E-state index in [2.05, 4.69) is 114 Å². The average Bonchev–Trinajstić information content (AvgIpc) is 2.54. The molecule has 3 aromatic rings. The predicted molar refractivity (Wildman–Crippen MR) is 121 cm³/mol. The van der Waals surface area contributed by atoms with Gasteiger partial charge in [-0.2, -0.15) is 0 Å². The Balaban J connectivity index is 0. The van der Waals surface area contributed by atoms with Crippen LogP contribution in [0.1, 0.15) is 48.2 Å². The second-order valence-corrected chi connectivity index (χ2v) is 6.47. The Morgan fingerprint density at radius 2 is 0.577 bits per heavy atom. The Morgan fingerprint density at radius 3 is 0.731 bits per heavy atom. The SMILES string of the molecule is C.C.Cc1ccc(C)cc1.Cc1ccc(C)cc1.Cc1cccc(C)c1. The summed E-state index contributed by atoms with van der Waals surface area (Å²) in [6.07, 6.45) is 0. The second-order valence-electron chi connectivity index (χ2n) is 6.47. The topological polar surface area (TPSA) is 0 Å². The fourth-order valence-corrected chi connectivity index (χ4v) is 2.08. The largest absolute Gasteiger partial charge is 0.0776 e. The zero-order valence-corrected chi connectivity index (χ0v) is 15.9. The molecule has 0 nitrogen and oxygen atoms in total. The Hall–Kier alpha value is -2.34.